The Kier molecular flexibility index (Phi) is 7.58. The smallest absolute Gasteiger partial charge is 0.226 e. The van der Waals surface area contributed by atoms with Crippen molar-refractivity contribution in [1.82, 2.24) is 19.8 Å². The third kappa shape index (κ3) is 5.21. The first-order valence-corrected chi connectivity index (χ1v) is 13.5. The van der Waals surface area contributed by atoms with Crippen molar-refractivity contribution >= 4 is 44.9 Å². The minimum Gasteiger partial charge on any atom is -0.352 e. The standard InChI is InChI=1S/C29H27BrFN5OS/c1-18-16-22(19(2)36(18)21-9-7-8-20(30)17-21)28-27(25-12-5-6-14-32-25)34-29(38)35(28)15-13-26(37)33-24-11-4-3-10-23(24)31/h3-12,14,16-17,27-28H,13,15H2,1-2H3,(H,33,37)(H,34,38)/t27-,28-/m1/s1. The van der Waals surface area contributed by atoms with Crippen molar-refractivity contribution in [2.24, 2.45) is 0 Å². The van der Waals surface area contributed by atoms with E-state index in [0.29, 0.717) is 11.7 Å². The highest BCUT2D eigenvalue weighted by molar-refractivity contribution is 9.10. The molecular weight excluding hydrogens is 565 g/mol. The van der Waals surface area contributed by atoms with Gasteiger partial charge >= 0.3 is 0 Å². The minimum absolute atomic E-state index is 0.145. The van der Waals surface area contributed by atoms with E-state index in [9.17, 15) is 9.18 Å². The molecule has 1 fully saturated rings. The van der Waals surface area contributed by atoms with E-state index in [0.717, 1.165) is 32.8 Å². The molecule has 0 spiro atoms. The van der Waals surface area contributed by atoms with Crippen LogP contribution >= 0.6 is 28.1 Å². The normalized spacial score (nSPS) is 16.9. The van der Waals surface area contributed by atoms with Crippen LogP contribution in [0.1, 0.15) is 41.1 Å². The van der Waals surface area contributed by atoms with Crippen LogP contribution in [-0.2, 0) is 4.79 Å². The first-order chi connectivity index (χ1) is 18.3. The predicted octanol–water partition coefficient (Wildman–Crippen LogP) is 6.39. The summed E-state index contributed by atoms with van der Waals surface area (Å²) in [5.74, 6) is -0.746. The van der Waals surface area contributed by atoms with E-state index in [1.54, 1.807) is 24.4 Å². The first kappa shape index (κ1) is 26.1. The van der Waals surface area contributed by atoms with Crippen molar-refractivity contribution in [3.8, 4) is 5.69 Å². The van der Waals surface area contributed by atoms with Crippen molar-refractivity contribution in [3.63, 3.8) is 0 Å². The highest BCUT2D eigenvalue weighted by Gasteiger charge is 2.41. The number of halogens is 2. The van der Waals surface area contributed by atoms with Gasteiger partial charge in [0.05, 0.1) is 23.5 Å². The van der Waals surface area contributed by atoms with Crippen LogP contribution in [-0.4, -0.2) is 32.0 Å². The van der Waals surface area contributed by atoms with Gasteiger partial charge in [0.15, 0.2) is 5.11 Å². The molecule has 9 heteroatoms. The number of aromatic nitrogens is 2. The maximum absolute atomic E-state index is 14.1. The Hall–Kier alpha value is -3.56. The number of benzene rings is 2. The highest BCUT2D eigenvalue weighted by Crippen LogP contribution is 2.41. The maximum atomic E-state index is 14.1. The number of nitrogens with zero attached hydrogens (tertiary/aromatic N) is 3. The molecule has 3 heterocycles. The Morgan fingerprint density at radius 3 is 2.63 bits per heavy atom. The molecule has 0 bridgehead atoms. The number of rotatable bonds is 7. The number of thiocarbonyl (C=S) groups is 1. The van der Waals surface area contributed by atoms with Crippen molar-refractivity contribution < 1.29 is 9.18 Å². The van der Waals surface area contributed by atoms with E-state index in [1.807, 2.05) is 35.2 Å². The molecule has 0 aliphatic carbocycles. The lowest BCUT2D eigenvalue weighted by Gasteiger charge is -2.28. The molecule has 0 radical (unpaired) electrons. The number of carbonyl (C=O) groups excluding carboxylic acids is 1. The predicted molar refractivity (Wildman–Crippen MR) is 155 cm³/mol. The Morgan fingerprint density at radius 2 is 1.89 bits per heavy atom. The number of nitrogens with one attached hydrogen (secondary N) is 2. The number of para-hydroxylation sites is 1. The fraction of sp³-hybridized carbons (Fsp3) is 0.207. The summed E-state index contributed by atoms with van der Waals surface area (Å²) in [5, 5.41) is 6.67. The molecule has 0 unspecified atom stereocenters. The summed E-state index contributed by atoms with van der Waals surface area (Å²) in [5.41, 5.74) is 5.36. The monoisotopic (exact) mass is 591 g/mol. The van der Waals surface area contributed by atoms with Gasteiger partial charge in [-0.2, -0.15) is 0 Å². The average molecular weight is 593 g/mol. The summed E-state index contributed by atoms with van der Waals surface area (Å²) in [6.07, 6.45) is 1.92. The number of amides is 1. The van der Waals surface area contributed by atoms with Gasteiger partial charge in [0, 0.05) is 40.7 Å². The van der Waals surface area contributed by atoms with Crippen LogP contribution in [0.15, 0.2) is 83.5 Å². The van der Waals surface area contributed by atoms with Crippen LogP contribution in [0.2, 0.25) is 0 Å². The highest BCUT2D eigenvalue weighted by atomic mass is 79.9. The number of carbonyl (C=O) groups is 1. The molecule has 5 rings (SSSR count). The van der Waals surface area contributed by atoms with Crippen molar-refractivity contribution in [2.45, 2.75) is 32.4 Å². The summed E-state index contributed by atoms with van der Waals surface area (Å²) in [4.78, 5) is 19.4. The van der Waals surface area contributed by atoms with E-state index in [-0.39, 0.29) is 30.1 Å². The largest absolute Gasteiger partial charge is 0.352 e. The molecule has 6 nitrogen and oxygen atoms in total. The number of hydrogen-bond donors (Lipinski definition) is 2. The molecule has 0 saturated carbocycles. The summed E-state index contributed by atoms with van der Waals surface area (Å²) in [7, 11) is 0. The van der Waals surface area contributed by atoms with Crippen LogP contribution in [0.3, 0.4) is 0 Å². The minimum atomic E-state index is -0.465. The van der Waals surface area contributed by atoms with Gasteiger partial charge in [-0.3, -0.25) is 9.78 Å². The van der Waals surface area contributed by atoms with Gasteiger partial charge in [-0.05, 0) is 80.2 Å². The van der Waals surface area contributed by atoms with Gasteiger partial charge in [0.1, 0.15) is 5.82 Å². The zero-order chi connectivity index (χ0) is 26.8. The molecule has 2 aromatic carbocycles. The third-order valence-corrected chi connectivity index (χ3v) is 7.63. The Morgan fingerprint density at radius 1 is 1.11 bits per heavy atom. The second-order valence-electron chi connectivity index (χ2n) is 9.24. The van der Waals surface area contributed by atoms with Crippen LogP contribution in [0, 0.1) is 19.7 Å². The molecular formula is C29H27BrFN5OS. The van der Waals surface area contributed by atoms with E-state index < -0.39 is 5.82 Å². The van der Waals surface area contributed by atoms with Crippen LogP contribution < -0.4 is 10.6 Å². The van der Waals surface area contributed by atoms with Crippen LogP contribution in [0.5, 0.6) is 0 Å². The van der Waals surface area contributed by atoms with Gasteiger partial charge in [-0.15, -0.1) is 0 Å². The molecule has 194 valence electrons. The lowest BCUT2D eigenvalue weighted by atomic mass is 9.96. The van der Waals surface area contributed by atoms with Gasteiger partial charge in [-0.1, -0.05) is 40.2 Å². The number of anilines is 1. The second kappa shape index (κ2) is 11.0. The molecule has 2 N–H and O–H groups in total. The Labute approximate surface area is 235 Å². The number of pyridine rings is 1. The number of aryl methyl sites for hydroxylation is 1. The topological polar surface area (TPSA) is 62.2 Å². The molecule has 1 amide bonds. The van der Waals surface area contributed by atoms with Crippen molar-refractivity contribution in [1.29, 1.82) is 0 Å². The summed E-state index contributed by atoms with van der Waals surface area (Å²) >= 11 is 9.36. The van der Waals surface area contributed by atoms with Gasteiger partial charge in [0.25, 0.3) is 0 Å². The Balaban J connectivity index is 1.48. The molecule has 38 heavy (non-hydrogen) atoms. The average Bonchev–Trinajstić information content (AvgIpc) is 3.39. The Bertz CT molecular complexity index is 1490. The third-order valence-electron chi connectivity index (χ3n) is 6.78. The molecule has 4 aromatic rings. The van der Waals surface area contributed by atoms with Crippen LogP contribution in [0.25, 0.3) is 5.69 Å². The van der Waals surface area contributed by atoms with E-state index in [1.165, 1.54) is 6.07 Å². The summed E-state index contributed by atoms with van der Waals surface area (Å²) < 4.78 is 17.3. The zero-order valence-corrected chi connectivity index (χ0v) is 23.4. The summed E-state index contributed by atoms with van der Waals surface area (Å²) in [6.45, 7) is 4.55. The lowest BCUT2D eigenvalue weighted by Crippen LogP contribution is -2.33. The summed E-state index contributed by atoms with van der Waals surface area (Å²) in [6, 6.07) is 21.9. The van der Waals surface area contributed by atoms with Gasteiger partial charge in [-0.25, -0.2) is 4.39 Å². The van der Waals surface area contributed by atoms with E-state index in [4.69, 9.17) is 12.2 Å². The van der Waals surface area contributed by atoms with Crippen LogP contribution in [0.4, 0.5) is 10.1 Å². The second-order valence-corrected chi connectivity index (χ2v) is 10.5. The van der Waals surface area contributed by atoms with Crippen molar-refractivity contribution in [3.05, 3.63) is 112 Å². The van der Waals surface area contributed by atoms with Gasteiger partial charge < -0.3 is 20.1 Å². The fourth-order valence-electron chi connectivity index (χ4n) is 5.08. The lowest BCUT2D eigenvalue weighted by molar-refractivity contribution is -0.116. The molecule has 1 aliphatic rings. The molecule has 2 aromatic heterocycles. The SMILES string of the molecule is Cc1cc([C@@H]2[C@@H](c3ccccn3)NC(=S)N2CCC(=O)Nc2ccccc2F)c(C)n1-c1cccc(Br)c1. The maximum Gasteiger partial charge on any atom is 0.226 e. The fourth-order valence-corrected chi connectivity index (χ4v) is 5.80. The van der Waals surface area contributed by atoms with E-state index >= 15 is 0 Å². The molecule has 2 atom stereocenters. The molecule has 1 saturated heterocycles. The zero-order valence-electron chi connectivity index (χ0n) is 21.0. The number of hydrogen-bond acceptors (Lipinski definition) is 3. The quantitative estimate of drug-likeness (QED) is 0.244. The van der Waals surface area contributed by atoms with Crippen molar-refractivity contribution in [2.75, 3.05) is 11.9 Å². The van der Waals surface area contributed by atoms with Gasteiger partial charge in [0.2, 0.25) is 5.91 Å². The molecule has 1 aliphatic heterocycles. The van der Waals surface area contributed by atoms with E-state index in [2.05, 4.69) is 68.2 Å². The first-order valence-electron chi connectivity index (χ1n) is 12.3.